The minimum atomic E-state index is -0.145. The molecule has 0 aliphatic heterocycles. The number of hydrogen-bond acceptors (Lipinski definition) is 5. The third kappa shape index (κ3) is 3.88. The van der Waals surface area contributed by atoms with Crippen molar-refractivity contribution in [3.63, 3.8) is 0 Å². The van der Waals surface area contributed by atoms with E-state index in [9.17, 15) is 9.59 Å². The van der Waals surface area contributed by atoms with Gasteiger partial charge in [-0.3, -0.25) is 14.2 Å². The fourth-order valence-electron chi connectivity index (χ4n) is 3.05. The second-order valence-corrected chi connectivity index (χ2v) is 9.14. The fourth-order valence-corrected chi connectivity index (χ4v) is 5.21. The van der Waals surface area contributed by atoms with Crippen LogP contribution in [0.2, 0.25) is 5.02 Å². The Hall–Kier alpha value is -2.41. The van der Waals surface area contributed by atoms with Gasteiger partial charge in [-0.2, -0.15) is 0 Å². The summed E-state index contributed by atoms with van der Waals surface area (Å²) in [4.78, 5) is 32.5. The second kappa shape index (κ2) is 8.14. The molecular formula is C22H17ClN2O2S2. The summed E-state index contributed by atoms with van der Waals surface area (Å²) < 4.78 is 1.55. The maximum atomic E-state index is 13.4. The highest BCUT2D eigenvalue weighted by molar-refractivity contribution is 7.99. The molecule has 4 nitrogen and oxygen atoms in total. The van der Waals surface area contributed by atoms with Gasteiger partial charge in [0.2, 0.25) is 0 Å². The highest BCUT2D eigenvalue weighted by atomic mass is 35.5. The number of ketones is 1. The number of carbonyl (C=O) groups excluding carboxylic acids is 1. The second-order valence-electron chi connectivity index (χ2n) is 6.56. The molecule has 2 aromatic heterocycles. The van der Waals surface area contributed by atoms with Crippen LogP contribution in [0.5, 0.6) is 0 Å². The van der Waals surface area contributed by atoms with E-state index in [2.05, 4.69) is 0 Å². The number of thiophene rings is 1. The molecule has 0 saturated carbocycles. The first-order chi connectivity index (χ1) is 14.0. The highest BCUT2D eigenvalue weighted by Crippen LogP contribution is 2.30. The first kappa shape index (κ1) is 19.9. The quantitative estimate of drug-likeness (QED) is 0.227. The van der Waals surface area contributed by atoms with Crippen molar-refractivity contribution in [1.82, 2.24) is 9.55 Å². The zero-order chi connectivity index (χ0) is 20.5. The van der Waals surface area contributed by atoms with E-state index in [1.54, 1.807) is 34.9 Å². The first-order valence-corrected chi connectivity index (χ1v) is 11.1. The maximum absolute atomic E-state index is 13.4. The predicted molar refractivity (Wildman–Crippen MR) is 121 cm³/mol. The number of carbonyl (C=O) groups is 1. The van der Waals surface area contributed by atoms with Crippen LogP contribution in [0.25, 0.3) is 15.9 Å². The molecule has 0 atom stereocenters. The molecule has 2 heterocycles. The summed E-state index contributed by atoms with van der Waals surface area (Å²) in [6, 6.07) is 16.2. The van der Waals surface area contributed by atoms with Crippen molar-refractivity contribution in [2.75, 3.05) is 5.75 Å². The number of benzene rings is 2. The van der Waals surface area contributed by atoms with Gasteiger partial charge < -0.3 is 0 Å². The number of nitrogens with zero attached hydrogens (tertiary/aromatic N) is 2. The van der Waals surface area contributed by atoms with E-state index in [4.69, 9.17) is 16.6 Å². The minimum absolute atomic E-state index is 0.0128. The molecule has 0 fully saturated rings. The van der Waals surface area contributed by atoms with Gasteiger partial charge in [-0.25, -0.2) is 4.98 Å². The lowest BCUT2D eigenvalue weighted by Gasteiger charge is -2.12. The van der Waals surface area contributed by atoms with Gasteiger partial charge in [-0.15, -0.1) is 11.3 Å². The minimum Gasteiger partial charge on any atom is -0.293 e. The number of aryl methyl sites for hydroxylation is 2. The average molecular weight is 441 g/mol. The van der Waals surface area contributed by atoms with Crippen molar-refractivity contribution in [2.24, 2.45) is 0 Å². The molecule has 4 rings (SSSR count). The Kier molecular flexibility index (Phi) is 5.58. The molecule has 0 aliphatic carbocycles. The van der Waals surface area contributed by atoms with Crippen LogP contribution in [0.1, 0.15) is 20.8 Å². The SMILES string of the molecule is Cc1sc2nc(SCC(=O)c3ccccc3)n(-c3cccc(Cl)c3)c(=O)c2c1C. The standard InChI is InChI=1S/C22H17ClN2O2S2/c1-13-14(2)29-20-19(13)21(27)25(17-10-6-9-16(23)11-17)22(24-20)28-12-18(26)15-7-4-3-5-8-15/h3-11H,12H2,1-2H3. The van der Waals surface area contributed by atoms with E-state index >= 15 is 0 Å². The van der Waals surface area contributed by atoms with Crippen LogP contribution in [0.3, 0.4) is 0 Å². The molecular weight excluding hydrogens is 424 g/mol. The highest BCUT2D eigenvalue weighted by Gasteiger charge is 2.19. The molecule has 4 aromatic rings. The van der Waals surface area contributed by atoms with Gasteiger partial charge in [-0.05, 0) is 37.6 Å². The van der Waals surface area contributed by atoms with Crippen LogP contribution in [0, 0.1) is 13.8 Å². The molecule has 0 spiro atoms. The van der Waals surface area contributed by atoms with Crippen LogP contribution < -0.4 is 5.56 Å². The van der Waals surface area contributed by atoms with E-state index in [-0.39, 0.29) is 17.1 Å². The van der Waals surface area contributed by atoms with Gasteiger partial charge in [0.15, 0.2) is 10.9 Å². The third-order valence-electron chi connectivity index (χ3n) is 4.67. The number of rotatable bonds is 5. The maximum Gasteiger partial charge on any atom is 0.267 e. The molecule has 29 heavy (non-hydrogen) atoms. The van der Waals surface area contributed by atoms with Crippen LogP contribution in [-0.4, -0.2) is 21.1 Å². The van der Waals surface area contributed by atoms with E-state index in [0.717, 1.165) is 10.4 Å². The molecule has 0 radical (unpaired) electrons. The number of halogens is 1. The van der Waals surface area contributed by atoms with Gasteiger partial charge in [-0.1, -0.05) is 59.8 Å². The van der Waals surface area contributed by atoms with Crippen LogP contribution in [0.4, 0.5) is 0 Å². The van der Waals surface area contributed by atoms with E-state index in [0.29, 0.717) is 31.6 Å². The topological polar surface area (TPSA) is 52.0 Å². The molecule has 2 aromatic carbocycles. The average Bonchev–Trinajstić information content (AvgIpc) is 3.00. The van der Waals surface area contributed by atoms with E-state index in [1.165, 1.54) is 23.1 Å². The summed E-state index contributed by atoms with van der Waals surface area (Å²) in [5.74, 6) is 0.174. The van der Waals surface area contributed by atoms with Gasteiger partial charge >= 0.3 is 0 Å². The Morgan fingerprint density at radius 2 is 1.90 bits per heavy atom. The largest absolute Gasteiger partial charge is 0.293 e. The van der Waals surface area contributed by atoms with Crippen molar-refractivity contribution >= 4 is 50.7 Å². The van der Waals surface area contributed by atoms with E-state index in [1.807, 2.05) is 38.1 Å². The van der Waals surface area contributed by atoms with Crippen LogP contribution in [-0.2, 0) is 0 Å². The molecule has 0 N–H and O–H groups in total. The summed E-state index contributed by atoms with van der Waals surface area (Å²) >= 11 is 8.92. The Morgan fingerprint density at radius 1 is 1.14 bits per heavy atom. The van der Waals surface area contributed by atoms with E-state index < -0.39 is 0 Å². The summed E-state index contributed by atoms with van der Waals surface area (Å²) in [5.41, 5.74) is 2.07. The lowest BCUT2D eigenvalue weighted by atomic mass is 10.2. The zero-order valence-electron chi connectivity index (χ0n) is 15.8. The lowest BCUT2D eigenvalue weighted by Crippen LogP contribution is -2.22. The van der Waals surface area contributed by atoms with Gasteiger partial charge in [0.05, 0.1) is 16.8 Å². The lowest BCUT2D eigenvalue weighted by molar-refractivity contribution is 0.102. The Balaban J connectivity index is 1.82. The van der Waals surface area contributed by atoms with Crippen molar-refractivity contribution in [1.29, 1.82) is 0 Å². The van der Waals surface area contributed by atoms with Gasteiger partial charge in [0, 0.05) is 15.5 Å². The third-order valence-corrected chi connectivity index (χ3v) is 6.94. The van der Waals surface area contributed by atoms with Gasteiger partial charge in [0.1, 0.15) is 4.83 Å². The molecule has 0 amide bonds. The Morgan fingerprint density at radius 3 is 2.62 bits per heavy atom. The first-order valence-electron chi connectivity index (χ1n) is 8.95. The summed E-state index contributed by atoms with van der Waals surface area (Å²) in [7, 11) is 0. The fraction of sp³-hybridized carbons (Fsp3) is 0.136. The van der Waals surface area contributed by atoms with Crippen molar-refractivity contribution in [3.05, 3.63) is 86.0 Å². The summed E-state index contributed by atoms with van der Waals surface area (Å²) in [6.07, 6.45) is 0. The van der Waals surface area contributed by atoms with Crippen LogP contribution >= 0.6 is 34.7 Å². The van der Waals surface area contributed by atoms with Crippen molar-refractivity contribution < 1.29 is 4.79 Å². The Bertz CT molecular complexity index is 1280. The monoisotopic (exact) mass is 440 g/mol. The molecule has 0 aliphatic rings. The zero-order valence-corrected chi connectivity index (χ0v) is 18.2. The number of aromatic nitrogens is 2. The molecule has 0 unspecified atom stereocenters. The summed E-state index contributed by atoms with van der Waals surface area (Å²) in [6.45, 7) is 3.92. The van der Waals surface area contributed by atoms with Crippen LogP contribution in [0.15, 0.2) is 64.5 Å². The number of Topliss-reactive ketones (excluding diaryl/α,β-unsaturated/α-hetero) is 1. The Labute approximate surface area is 181 Å². The van der Waals surface area contributed by atoms with Gasteiger partial charge in [0.25, 0.3) is 5.56 Å². The molecule has 0 saturated heterocycles. The smallest absolute Gasteiger partial charge is 0.267 e. The molecule has 7 heteroatoms. The van der Waals surface area contributed by atoms with Crippen molar-refractivity contribution in [2.45, 2.75) is 19.0 Å². The number of thioether (sulfide) groups is 1. The predicted octanol–water partition coefficient (Wildman–Crippen LogP) is 5.69. The van der Waals surface area contributed by atoms with Crippen molar-refractivity contribution in [3.8, 4) is 5.69 Å². The molecule has 146 valence electrons. The summed E-state index contributed by atoms with van der Waals surface area (Å²) in [5, 5.41) is 1.63. The molecule has 0 bridgehead atoms. The normalized spacial score (nSPS) is 11.1. The number of hydrogen-bond donors (Lipinski definition) is 0. The number of fused-ring (bicyclic) bond motifs is 1.